The summed E-state index contributed by atoms with van der Waals surface area (Å²) in [5.74, 6) is -1.67. The van der Waals surface area contributed by atoms with Gasteiger partial charge in [0.15, 0.2) is 0 Å². The van der Waals surface area contributed by atoms with E-state index in [0.717, 1.165) is 5.56 Å². The summed E-state index contributed by atoms with van der Waals surface area (Å²) in [6.07, 6.45) is -1.75. The molecule has 0 bridgehead atoms. The fraction of sp³-hybridized carbons (Fsp3) is 0.0800. The number of hydrogen-bond donors (Lipinski definition) is 2. The first-order valence-corrected chi connectivity index (χ1v) is 10.7. The second kappa shape index (κ2) is 9.82. The first kappa shape index (κ1) is 24.9. The molecule has 4 rings (SSSR count). The average Bonchev–Trinajstić information content (AvgIpc) is 2.85. The molecule has 0 saturated heterocycles. The van der Waals surface area contributed by atoms with Crippen LogP contribution >= 0.6 is 11.6 Å². The van der Waals surface area contributed by atoms with Gasteiger partial charge in [-0.15, -0.1) is 0 Å². The maximum atomic E-state index is 15.1. The van der Waals surface area contributed by atoms with Crippen LogP contribution in [0.25, 0.3) is 22.3 Å². The zero-order valence-electron chi connectivity index (χ0n) is 18.5. The Labute approximate surface area is 207 Å². The largest absolute Gasteiger partial charge is 0.438 e. The van der Waals surface area contributed by atoms with Gasteiger partial charge < -0.3 is 15.8 Å². The van der Waals surface area contributed by atoms with Crippen LogP contribution < -0.4 is 15.8 Å². The van der Waals surface area contributed by atoms with Crippen molar-refractivity contribution < 1.29 is 27.1 Å². The molecule has 0 fully saturated rings. The Morgan fingerprint density at radius 1 is 1.00 bits per heavy atom. The number of amides is 1. The van der Waals surface area contributed by atoms with Gasteiger partial charge >= 0.3 is 6.18 Å². The van der Waals surface area contributed by atoms with Crippen molar-refractivity contribution in [2.45, 2.75) is 6.18 Å². The number of halogens is 5. The Morgan fingerprint density at radius 2 is 1.78 bits per heavy atom. The molecule has 2 heterocycles. The maximum Gasteiger partial charge on any atom is 0.416 e. The topological polar surface area (TPSA) is 90.1 Å². The Morgan fingerprint density at radius 3 is 2.47 bits per heavy atom. The van der Waals surface area contributed by atoms with Crippen molar-refractivity contribution in [3.8, 4) is 33.9 Å². The highest BCUT2D eigenvalue weighted by Gasteiger charge is 2.33. The molecule has 0 atom stereocenters. The van der Waals surface area contributed by atoms with Gasteiger partial charge in [-0.2, -0.15) is 13.2 Å². The number of pyridine rings is 2. The van der Waals surface area contributed by atoms with E-state index in [-0.39, 0.29) is 22.2 Å². The third-order valence-corrected chi connectivity index (χ3v) is 5.54. The summed E-state index contributed by atoms with van der Waals surface area (Å²) in [5.41, 5.74) is 3.62. The molecule has 2 aromatic carbocycles. The molecule has 0 radical (unpaired) electrons. The molecule has 3 N–H and O–H groups in total. The van der Waals surface area contributed by atoms with Crippen molar-refractivity contribution in [3.63, 3.8) is 0 Å². The van der Waals surface area contributed by atoms with Gasteiger partial charge in [-0.05, 0) is 60.2 Å². The SMILES string of the molecule is CNc1cc(-c2cccnc2Oc2ccc(Cl)c(-c3cc(C(F)(F)F)cc(C(N)=O)c3F)c2)ccn1. The van der Waals surface area contributed by atoms with Gasteiger partial charge in [0, 0.05) is 41.2 Å². The second-order valence-electron chi connectivity index (χ2n) is 7.53. The number of aromatic nitrogens is 2. The lowest BCUT2D eigenvalue weighted by Gasteiger charge is -2.15. The minimum Gasteiger partial charge on any atom is -0.438 e. The van der Waals surface area contributed by atoms with E-state index in [1.165, 1.54) is 24.4 Å². The molecule has 6 nitrogen and oxygen atoms in total. The van der Waals surface area contributed by atoms with E-state index in [1.807, 2.05) is 0 Å². The van der Waals surface area contributed by atoms with E-state index in [0.29, 0.717) is 23.5 Å². The number of rotatable bonds is 6. The molecule has 0 aliphatic rings. The van der Waals surface area contributed by atoms with E-state index in [1.54, 1.807) is 37.5 Å². The Hall–Kier alpha value is -4.18. The number of primary amides is 1. The number of ether oxygens (including phenoxy) is 1. The van der Waals surface area contributed by atoms with Crippen LogP contribution in [0.15, 0.2) is 67.0 Å². The predicted octanol–water partition coefficient (Wildman–Crippen LogP) is 6.55. The lowest BCUT2D eigenvalue weighted by molar-refractivity contribution is -0.137. The van der Waals surface area contributed by atoms with Gasteiger partial charge in [0.2, 0.25) is 5.88 Å². The molecule has 0 aliphatic heterocycles. The van der Waals surface area contributed by atoms with Gasteiger partial charge in [-0.25, -0.2) is 14.4 Å². The predicted molar refractivity (Wildman–Crippen MR) is 127 cm³/mol. The van der Waals surface area contributed by atoms with Crippen LogP contribution in [0.2, 0.25) is 5.02 Å². The summed E-state index contributed by atoms with van der Waals surface area (Å²) in [6, 6.07) is 12.0. The van der Waals surface area contributed by atoms with Crippen molar-refractivity contribution in [1.82, 2.24) is 9.97 Å². The summed E-state index contributed by atoms with van der Waals surface area (Å²) >= 11 is 6.22. The van der Waals surface area contributed by atoms with Gasteiger partial charge in [0.25, 0.3) is 5.91 Å². The van der Waals surface area contributed by atoms with E-state index < -0.39 is 34.6 Å². The fourth-order valence-corrected chi connectivity index (χ4v) is 3.70. The number of carbonyl (C=O) groups is 1. The van der Waals surface area contributed by atoms with Crippen LogP contribution in [0, 0.1) is 5.82 Å². The van der Waals surface area contributed by atoms with Crippen molar-refractivity contribution in [2.24, 2.45) is 5.73 Å². The summed E-state index contributed by atoms with van der Waals surface area (Å²) in [7, 11) is 1.72. The summed E-state index contributed by atoms with van der Waals surface area (Å²) in [6.45, 7) is 0. The number of nitrogens with zero attached hydrogens (tertiary/aromatic N) is 2. The number of nitrogens with two attached hydrogens (primary N) is 1. The molecule has 0 aliphatic carbocycles. The molecule has 0 unspecified atom stereocenters. The molecule has 1 amide bonds. The van der Waals surface area contributed by atoms with Gasteiger partial charge in [0.1, 0.15) is 17.4 Å². The summed E-state index contributed by atoms with van der Waals surface area (Å²) < 4.78 is 61.3. The van der Waals surface area contributed by atoms with Crippen LogP contribution in [-0.4, -0.2) is 22.9 Å². The molecule has 0 saturated carbocycles. The zero-order valence-corrected chi connectivity index (χ0v) is 19.3. The minimum atomic E-state index is -4.85. The van der Waals surface area contributed by atoms with E-state index in [2.05, 4.69) is 15.3 Å². The van der Waals surface area contributed by atoms with Crippen LogP contribution in [0.1, 0.15) is 15.9 Å². The number of nitrogens with one attached hydrogen (secondary N) is 1. The zero-order chi connectivity index (χ0) is 26.0. The van der Waals surface area contributed by atoms with E-state index in [4.69, 9.17) is 22.1 Å². The van der Waals surface area contributed by atoms with Gasteiger partial charge in [0.05, 0.1) is 11.1 Å². The van der Waals surface area contributed by atoms with Crippen LogP contribution in [0.4, 0.5) is 23.4 Å². The Bertz CT molecular complexity index is 1460. The number of benzene rings is 2. The first-order valence-electron chi connectivity index (χ1n) is 10.4. The quantitative estimate of drug-likeness (QED) is 0.283. The number of alkyl halides is 3. The smallest absolute Gasteiger partial charge is 0.416 e. The number of hydrogen-bond acceptors (Lipinski definition) is 5. The normalized spacial score (nSPS) is 11.3. The third kappa shape index (κ3) is 5.08. The summed E-state index contributed by atoms with van der Waals surface area (Å²) in [4.78, 5) is 20.1. The van der Waals surface area contributed by atoms with Crippen LogP contribution in [-0.2, 0) is 6.18 Å². The number of anilines is 1. The first-order chi connectivity index (χ1) is 17.1. The second-order valence-corrected chi connectivity index (χ2v) is 7.93. The Kier molecular flexibility index (Phi) is 6.80. The van der Waals surface area contributed by atoms with Crippen molar-refractivity contribution in [3.05, 3.63) is 89.0 Å². The highest BCUT2D eigenvalue weighted by Crippen LogP contribution is 2.40. The molecule has 2 aromatic heterocycles. The van der Waals surface area contributed by atoms with Crippen molar-refractivity contribution >= 4 is 23.3 Å². The lowest BCUT2D eigenvalue weighted by Crippen LogP contribution is -2.16. The van der Waals surface area contributed by atoms with E-state index in [9.17, 15) is 18.0 Å². The Balaban J connectivity index is 1.80. The summed E-state index contributed by atoms with van der Waals surface area (Å²) in [5, 5.41) is 2.87. The molecule has 4 aromatic rings. The maximum absolute atomic E-state index is 15.1. The van der Waals surface area contributed by atoms with Crippen LogP contribution in [0.5, 0.6) is 11.6 Å². The highest BCUT2D eigenvalue weighted by molar-refractivity contribution is 6.33. The number of carbonyl (C=O) groups excluding carboxylic acids is 1. The molecule has 36 heavy (non-hydrogen) atoms. The highest BCUT2D eigenvalue weighted by atomic mass is 35.5. The van der Waals surface area contributed by atoms with Gasteiger partial charge in [-0.3, -0.25) is 4.79 Å². The van der Waals surface area contributed by atoms with E-state index >= 15 is 4.39 Å². The molecule has 11 heteroatoms. The molecular formula is C25H17ClF4N4O2. The average molecular weight is 517 g/mol. The fourth-order valence-electron chi connectivity index (χ4n) is 3.48. The lowest BCUT2D eigenvalue weighted by atomic mass is 9.97. The minimum absolute atomic E-state index is 0.0648. The third-order valence-electron chi connectivity index (χ3n) is 5.21. The molecule has 0 spiro atoms. The van der Waals surface area contributed by atoms with Crippen molar-refractivity contribution in [2.75, 3.05) is 12.4 Å². The monoisotopic (exact) mass is 516 g/mol. The molecule has 184 valence electrons. The van der Waals surface area contributed by atoms with Crippen molar-refractivity contribution in [1.29, 1.82) is 0 Å². The standard InChI is InChI=1S/C25H17ClF4N4O2/c1-32-21-9-13(6-8-33-21)16-3-2-7-34-24(16)36-15-4-5-20(26)17(12-15)18-10-14(25(28,29)30)11-19(22(18)27)23(31)35/h2-12H,1H3,(H2,31,35)(H,32,33). The molecular weight excluding hydrogens is 500 g/mol. The van der Waals surface area contributed by atoms with Gasteiger partial charge in [-0.1, -0.05) is 11.6 Å². The van der Waals surface area contributed by atoms with Crippen LogP contribution in [0.3, 0.4) is 0 Å².